The molecule has 1 aliphatic rings. The third kappa shape index (κ3) is 5.39. The van der Waals surface area contributed by atoms with Gasteiger partial charge in [-0.1, -0.05) is 35.6 Å². The maximum Gasteiger partial charge on any atom is 0.338 e. The van der Waals surface area contributed by atoms with Gasteiger partial charge in [-0.15, -0.1) is 0 Å². The van der Waals surface area contributed by atoms with Gasteiger partial charge in [0.2, 0.25) is 0 Å². The number of aromatic nitrogens is 1. The van der Waals surface area contributed by atoms with Crippen molar-refractivity contribution >= 4 is 29.1 Å². The Kier molecular flexibility index (Phi) is 7.97. The van der Waals surface area contributed by atoms with Crippen LogP contribution in [0.25, 0.3) is 6.08 Å². The lowest BCUT2D eigenvalue weighted by molar-refractivity contribution is -0.143. The van der Waals surface area contributed by atoms with Crippen LogP contribution in [0, 0.1) is 0 Å². The standard InChI is InChI=1S/C29H33N3O4S/c1-7-31(8-2)22-13-9-20(10-14-22)17-24-27(33)32-26(21-11-15-23(35-6)16-12-21)25(28(34)36-18(3)4)19(5)30-29(32)37-24/h9-18,26H,7-8H2,1-6H3/b24-17+. The van der Waals surface area contributed by atoms with Crippen molar-refractivity contribution in [3.05, 3.63) is 90.6 Å². The van der Waals surface area contributed by atoms with Crippen LogP contribution in [0.5, 0.6) is 5.75 Å². The number of rotatable bonds is 8. The van der Waals surface area contributed by atoms with Crippen molar-refractivity contribution in [1.82, 2.24) is 4.57 Å². The van der Waals surface area contributed by atoms with E-state index in [-0.39, 0.29) is 11.7 Å². The zero-order valence-corrected chi connectivity index (χ0v) is 23.0. The molecule has 1 unspecified atom stereocenters. The second kappa shape index (κ2) is 11.2. The molecule has 1 aliphatic heterocycles. The summed E-state index contributed by atoms with van der Waals surface area (Å²) in [6, 6.07) is 14.9. The van der Waals surface area contributed by atoms with Gasteiger partial charge in [0.05, 0.1) is 35.1 Å². The van der Waals surface area contributed by atoms with Crippen LogP contribution in [0.1, 0.15) is 51.8 Å². The molecule has 0 amide bonds. The summed E-state index contributed by atoms with van der Waals surface area (Å²) in [5, 5.41) is 0. The summed E-state index contributed by atoms with van der Waals surface area (Å²) in [5.41, 5.74) is 3.57. The Bertz CT molecular complexity index is 1480. The highest BCUT2D eigenvalue weighted by atomic mass is 32.1. The zero-order valence-electron chi connectivity index (χ0n) is 22.1. The fourth-order valence-electron chi connectivity index (χ4n) is 4.48. The molecule has 1 atom stereocenters. The number of carbonyl (C=O) groups is 1. The molecule has 0 saturated heterocycles. The number of fused-ring (bicyclic) bond motifs is 1. The van der Waals surface area contributed by atoms with E-state index in [2.05, 4.69) is 35.9 Å². The number of benzene rings is 2. The second-order valence-corrected chi connectivity index (χ2v) is 10.1. The van der Waals surface area contributed by atoms with Crippen molar-refractivity contribution in [3.63, 3.8) is 0 Å². The molecule has 0 bridgehead atoms. The van der Waals surface area contributed by atoms with E-state index in [1.54, 1.807) is 32.4 Å². The van der Waals surface area contributed by atoms with Crippen LogP contribution in [0.3, 0.4) is 0 Å². The van der Waals surface area contributed by atoms with E-state index in [0.29, 0.717) is 26.4 Å². The molecule has 194 valence electrons. The predicted octanol–water partition coefficient (Wildman–Crippen LogP) is 4.04. The Hall–Kier alpha value is -3.65. The van der Waals surface area contributed by atoms with Crippen molar-refractivity contribution in [2.45, 2.75) is 46.8 Å². The average molecular weight is 520 g/mol. The first-order chi connectivity index (χ1) is 17.8. The number of methoxy groups -OCH3 is 1. The summed E-state index contributed by atoms with van der Waals surface area (Å²) in [4.78, 5) is 34.4. The Morgan fingerprint density at radius 2 is 1.76 bits per heavy atom. The first-order valence-electron chi connectivity index (χ1n) is 12.5. The summed E-state index contributed by atoms with van der Waals surface area (Å²) in [6.07, 6.45) is 1.58. The summed E-state index contributed by atoms with van der Waals surface area (Å²) >= 11 is 1.32. The SMILES string of the molecule is CCN(CC)c1ccc(/C=c2/sc3n(c2=O)C(c2ccc(OC)cc2)C(C(=O)OC(C)C)=C(C)N=3)cc1. The Morgan fingerprint density at radius 1 is 1.11 bits per heavy atom. The third-order valence-electron chi connectivity index (χ3n) is 6.34. The molecule has 0 spiro atoms. The number of hydrogen-bond donors (Lipinski definition) is 0. The number of esters is 1. The quantitative estimate of drug-likeness (QED) is 0.420. The zero-order chi connectivity index (χ0) is 26.7. The molecule has 0 aliphatic carbocycles. The molecule has 0 saturated carbocycles. The van der Waals surface area contributed by atoms with Crippen LogP contribution in [0.15, 0.2) is 69.6 Å². The largest absolute Gasteiger partial charge is 0.497 e. The summed E-state index contributed by atoms with van der Waals surface area (Å²) in [6.45, 7) is 11.5. The minimum absolute atomic E-state index is 0.195. The van der Waals surface area contributed by atoms with E-state index < -0.39 is 12.0 Å². The predicted molar refractivity (Wildman–Crippen MR) is 148 cm³/mol. The summed E-state index contributed by atoms with van der Waals surface area (Å²) < 4.78 is 13.0. The molecule has 4 rings (SSSR count). The first-order valence-corrected chi connectivity index (χ1v) is 13.3. The summed E-state index contributed by atoms with van der Waals surface area (Å²) in [5.74, 6) is 0.217. The molecule has 0 radical (unpaired) electrons. The Morgan fingerprint density at radius 3 is 2.32 bits per heavy atom. The van der Waals surface area contributed by atoms with Gasteiger partial charge in [0, 0.05) is 18.8 Å². The van der Waals surface area contributed by atoms with Crippen LogP contribution in [0.4, 0.5) is 5.69 Å². The highest BCUT2D eigenvalue weighted by Gasteiger charge is 2.33. The maximum atomic E-state index is 13.8. The lowest BCUT2D eigenvalue weighted by atomic mass is 9.96. The van der Waals surface area contributed by atoms with Gasteiger partial charge in [0.25, 0.3) is 5.56 Å². The van der Waals surface area contributed by atoms with E-state index in [0.717, 1.165) is 29.9 Å². The molecule has 8 heteroatoms. The Labute approximate surface area is 221 Å². The molecule has 7 nitrogen and oxygen atoms in total. The summed E-state index contributed by atoms with van der Waals surface area (Å²) in [7, 11) is 1.60. The smallest absolute Gasteiger partial charge is 0.338 e. The van der Waals surface area contributed by atoms with Gasteiger partial charge < -0.3 is 14.4 Å². The minimum Gasteiger partial charge on any atom is -0.497 e. The highest BCUT2D eigenvalue weighted by molar-refractivity contribution is 7.07. The maximum absolute atomic E-state index is 13.8. The highest BCUT2D eigenvalue weighted by Crippen LogP contribution is 2.31. The molecule has 37 heavy (non-hydrogen) atoms. The van der Waals surface area contributed by atoms with Gasteiger partial charge in [-0.05, 0) is 76.1 Å². The number of allylic oxidation sites excluding steroid dienone is 1. The topological polar surface area (TPSA) is 73.1 Å². The van der Waals surface area contributed by atoms with E-state index in [1.165, 1.54) is 11.3 Å². The fourth-order valence-corrected chi connectivity index (χ4v) is 5.53. The number of ether oxygens (including phenoxy) is 2. The van der Waals surface area contributed by atoms with Crippen molar-refractivity contribution in [2.24, 2.45) is 4.99 Å². The average Bonchev–Trinajstić information content (AvgIpc) is 3.18. The Balaban J connectivity index is 1.84. The van der Waals surface area contributed by atoms with Crippen molar-refractivity contribution in [3.8, 4) is 5.75 Å². The normalized spacial score (nSPS) is 15.4. The molecular weight excluding hydrogens is 486 g/mol. The number of thiazole rings is 1. The van der Waals surface area contributed by atoms with Crippen LogP contribution in [0.2, 0.25) is 0 Å². The molecule has 1 aromatic heterocycles. The fraction of sp³-hybridized carbons (Fsp3) is 0.345. The van der Waals surface area contributed by atoms with Crippen LogP contribution < -0.4 is 24.5 Å². The molecule has 2 heterocycles. The molecule has 0 N–H and O–H groups in total. The number of hydrogen-bond acceptors (Lipinski definition) is 7. The van der Waals surface area contributed by atoms with Crippen molar-refractivity contribution in [1.29, 1.82) is 0 Å². The van der Waals surface area contributed by atoms with Gasteiger partial charge in [-0.2, -0.15) is 0 Å². The van der Waals surface area contributed by atoms with E-state index in [1.807, 2.05) is 42.5 Å². The van der Waals surface area contributed by atoms with E-state index >= 15 is 0 Å². The van der Waals surface area contributed by atoms with E-state index in [9.17, 15) is 9.59 Å². The lowest BCUT2D eigenvalue weighted by Gasteiger charge is -2.25. The van der Waals surface area contributed by atoms with Gasteiger partial charge >= 0.3 is 5.97 Å². The van der Waals surface area contributed by atoms with Crippen LogP contribution in [-0.4, -0.2) is 36.8 Å². The van der Waals surface area contributed by atoms with Crippen molar-refractivity contribution < 1.29 is 14.3 Å². The molecule has 0 fully saturated rings. The second-order valence-electron chi connectivity index (χ2n) is 9.07. The van der Waals surface area contributed by atoms with Crippen LogP contribution in [-0.2, 0) is 9.53 Å². The molecular formula is C29H33N3O4S. The van der Waals surface area contributed by atoms with Gasteiger partial charge in [-0.3, -0.25) is 9.36 Å². The van der Waals surface area contributed by atoms with E-state index in [4.69, 9.17) is 9.47 Å². The lowest BCUT2D eigenvalue weighted by Crippen LogP contribution is -2.40. The van der Waals surface area contributed by atoms with Gasteiger partial charge in [0.15, 0.2) is 4.80 Å². The monoisotopic (exact) mass is 519 g/mol. The van der Waals surface area contributed by atoms with Gasteiger partial charge in [-0.25, -0.2) is 9.79 Å². The number of nitrogens with zero attached hydrogens (tertiary/aromatic N) is 3. The third-order valence-corrected chi connectivity index (χ3v) is 7.32. The minimum atomic E-state index is -0.652. The number of anilines is 1. The van der Waals surface area contributed by atoms with Crippen molar-refractivity contribution in [2.75, 3.05) is 25.1 Å². The van der Waals surface area contributed by atoms with Crippen LogP contribution >= 0.6 is 11.3 Å². The van der Waals surface area contributed by atoms with Gasteiger partial charge in [0.1, 0.15) is 5.75 Å². The molecule has 3 aromatic rings. The number of carbonyl (C=O) groups excluding carboxylic acids is 1. The first kappa shape index (κ1) is 26.4. The molecule has 2 aromatic carbocycles.